The van der Waals surface area contributed by atoms with Crippen LogP contribution in [0.4, 0.5) is 5.13 Å². The molecule has 112 valence electrons. The van der Waals surface area contributed by atoms with Gasteiger partial charge in [-0.2, -0.15) is 0 Å². The molecule has 3 rings (SSSR count). The number of ether oxygens (including phenoxy) is 1. The first-order chi connectivity index (χ1) is 9.62. The largest absolute Gasteiger partial charge is 0.383 e. The first kappa shape index (κ1) is 14.2. The maximum Gasteiger partial charge on any atom is 0.208 e. The van der Waals surface area contributed by atoms with Gasteiger partial charge in [0.1, 0.15) is 5.01 Å². The number of likely N-dealkylation sites (N-methyl/N-ethyl adjacent to an activating group) is 1. The van der Waals surface area contributed by atoms with Crippen LogP contribution < -0.4 is 4.90 Å². The predicted octanol–water partition coefficient (Wildman–Crippen LogP) is 1.78. The quantitative estimate of drug-likeness (QED) is 0.850. The second kappa shape index (κ2) is 5.58. The molecule has 1 spiro atoms. The fourth-order valence-electron chi connectivity index (χ4n) is 3.71. The molecule has 2 aliphatic rings. The zero-order valence-electron chi connectivity index (χ0n) is 12.6. The van der Waals surface area contributed by atoms with Crippen LogP contribution in [0, 0.1) is 12.3 Å². The first-order valence-corrected chi connectivity index (χ1v) is 8.18. The van der Waals surface area contributed by atoms with E-state index >= 15 is 0 Å². The Labute approximate surface area is 124 Å². The maximum absolute atomic E-state index is 5.35. The van der Waals surface area contributed by atoms with Crippen molar-refractivity contribution < 1.29 is 4.74 Å². The Morgan fingerprint density at radius 2 is 2.10 bits per heavy atom. The highest BCUT2D eigenvalue weighted by atomic mass is 32.1. The molecule has 20 heavy (non-hydrogen) atoms. The molecule has 6 heteroatoms. The number of likely N-dealkylation sites (tertiary alicyclic amines) is 1. The van der Waals surface area contributed by atoms with Gasteiger partial charge in [0.2, 0.25) is 5.13 Å². The van der Waals surface area contributed by atoms with Crippen molar-refractivity contribution in [2.24, 2.45) is 5.41 Å². The van der Waals surface area contributed by atoms with E-state index in [0.717, 1.165) is 29.8 Å². The Balaban J connectivity index is 1.61. The van der Waals surface area contributed by atoms with Gasteiger partial charge < -0.3 is 14.5 Å². The number of aryl methyl sites for hydroxylation is 1. The van der Waals surface area contributed by atoms with E-state index in [4.69, 9.17) is 4.74 Å². The van der Waals surface area contributed by atoms with Crippen LogP contribution in [0.15, 0.2) is 0 Å². The van der Waals surface area contributed by atoms with E-state index in [0.29, 0.717) is 11.5 Å². The third kappa shape index (κ3) is 2.69. The smallest absolute Gasteiger partial charge is 0.208 e. The molecule has 1 aromatic rings. The van der Waals surface area contributed by atoms with Gasteiger partial charge in [0.05, 0.1) is 6.61 Å². The highest BCUT2D eigenvalue weighted by Gasteiger charge is 2.44. The van der Waals surface area contributed by atoms with Crippen LogP contribution in [0.5, 0.6) is 0 Å². The number of hydrogen-bond acceptors (Lipinski definition) is 6. The molecule has 0 aromatic carbocycles. The fraction of sp³-hybridized carbons (Fsp3) is 0.857. The van der Waals surface area contributed by atoms with Gasteiger partial charge in [-0.3, -0.25) is 0 Å². The Morgan fingerprint density at radius 3 is 2.70 bits per heavy atom. The topological polar surface area (TPSA) is 41.5 Å². The summed E-state index contributed by atoms with van der Waals surface area (Å²) in [7, 11) is 4.04. The van der Waals surface area contributed by atoms with Crippen LogP contribution in [0.3, 0.4) is 0 Å². The van der Waals surface area contributed by atoms with E-state index < -0.39 is 0 Å². The van der Waals surface area contributed by atoms with Crippen LogP contribution in [-0.4, -0.2) is 61.5 Å². The lowest BCUT2D eigenvalue weighted by Gasteiger charge is -2.39. The molecule has 0 aliphatic carbocycles. The standard InChI is InChI=1S/C14H24N4OS/c1-11-15-16-13(20-11)18-6-4-14(5-7-18)8-12(9-19-3)17(2)10-14/h12H,4-10H2,1-3H3. The van der Waals surface area contributed by atoms with Crippen molar-refractivity contribution in [1.82, 2.24) is 15.1 Å². The minimum atomic E-state index is 0.494. The molecule has 1 atom stereocenters. The first-order valence-electron chi connectivity index (χ1n) is 7.36. The molecule has 0 saturated carbocycles. The van der Waals surface area contributed by atoms with Crippen LogP contribution in [0.25, 0.3) is 0 Å². The van der Waals surface area contributed by atoms with Gasteiger partial charge >= 0.3 is 0 Å². The maximum atomic E-state index is 5.35. The Hall–Kier alpha value is -0.720. The molecule has 0 amide bonds. The summed E-state index contributed by atoms with van der Waals surface area (Å²) in [5.41, 5.74) is 0.494. The summed E-state index contributed by atoms with van der Waals surface area (Å²) < 4.78 is 5.35. The van der Waals surface area contributed by atoms with Crippen molar-refractivity contribution in [2.75, 3.05) is 45.3 Å². The summed E-state index contributed by atoms with van der Waals surface area (Å²) in [6, 6.07) is 0.593. The molecular formula is C14H24N4OS. The number of piperidine rings is 1. The molecular weight excluding hydrogens is 272 g/mol. The molecule has 3 heterocycles. The lowest BCUT2D eigenvalue weighted by Crippen LogP contribution is -2.41. The third-order valence-electron chi connectivity index (χ3n) is 4.85. The van der Waals surface area contributed by atoms with Gasteiger partial charge in [-0.05, 0) is 38.6 Å². The zero-order chi connectivity index (χ0) is 14.2. The monoisotopic (exact) mass is 296 g/mol. The second-order valence-electron chi connectivity index (χ2n) is 6.32. The lowest BCUT2D eigenvalue weighted by atomic mass is 9.77. The Morgan fingerprint density at radius 1 is 1.35 bits per heavy atom. The van der Waals surface area contributed by atoms with Crippen LogP contribution in [0.1, 0.15) is 24.3 Å². The van der Waals surface area contributed by atoms with Crippen LogP contribution in [0.2, 0.25) is 0 Å². The number of nitrogens with zero attached hydrogens (tertiary/aromatic N) is 4. The van der Waals surface area contributed by atoms with E-state index in [1.807, 2.05) is 6.92 Å². The average Bonchev–Trinajstić information content (AvgIpc) is 2.97. The van der Waals surface area contributed by atoms with Gasteiger partial charge in [-0.15, -0.1) is 10.2 Å². The highest BCUT2D eigenvalue weighted by Crippen LogP contribution is 2.43. The number of anilines is 1. The molecule has 0 radical (unpaired) electrons. The van der Waals surface area contributed by atoms with Crippen molar-refractivity contribution in [3.05, 3.63) is 5.01 Å². The Bertz CT molecular complexity index is 456. The van der Waals surface area contributed by atoms with E-state index in [2.05, 4.69) is 27.0 Å². The summed E-state index contributed by atoms with van der Waals surface area (Å²) in [6.45, 7) is 6.32. The molecule has 5 nitrogen and oxygen atoms in total. The Kier molecular flexibility index (Phi) is 3.97. The summed E-state index contributed by atoms with van der Waals surface area (Å²) in [5.74, 6) is 0. The zero-order valence-corrected chi connectivity index (χ0v) is 13.4. The van der Waals surface area contributed by atoms with Crippen LogP contribution >= 0.6 is 11.3 Å². The summed E-state index contributed by atoms with van der Waals surface area (Å²) in [6.07, 6.45) is 3.80. The minimum absolute atomic E-state index is 0.494. The molecule has 1 unspecified atom stereocenters. The summed E-state index contributed by atoms with van der Waals surface area (Å²) in [5, 5.41) is 10.6. The van der Waals surface area contributed by atoms with Gasteiger partial charge in [-0.25, -0.2) is 0 Å². The normalized spacial score (nSPS) is 26.6. The summed E-state index contributed by atoms with van der Waals surface area (Å²) in [4.78, 5) is 4.88. The van der Waals surface area contributed by atoms with E-state index in [1.54, 1.807) is 18.4 Å². The average molecular weight is 296 g/mol. The van der Waals surface area contributed by atoms with Crippen molar-refractivity contribution in [2.45, 2.75) is 32.2 Å². The van der Waals surface area contributed by atoms with Crippen molar-refractivity contribution in [3.8, 4) is 0 Å². The number of aromatic nitrogens is 2. The SMILES string of the molecule is COCC1CC2(CCN(c3nnc(C)s3)CC2)CN1C. The van der Waals surface area contributed by atoms with Crippen LogP contribution in [-0.2, 0) is 4.74 Å². The molecule has 2 aliphatic heterocycles. The van der Waals surface area contributed by atoms with Crippen molar-refractivity contribution in [3.63, 3.8) is 0 Å². The van der Waals surface area contributed by atoms with Gasteiger partial charge in [0.25, 0.3) is 0 Å². The van der Waals surface area contributed by atoms with E-state index in [-0.39, 0.29) is 0 Å². The van der Waals surface area contributed by atoms with Gasteiger partial charge in [0, 0.05) is 32.8 Å². The highest BCUT2D eigenvalue weighted by molar-refractivity contribution is 7.15. The molecule has 1 aromatic heterocycles. The van der Waals surface area contributed by atoms with Crippen molar-refractivity contribution >= 4 is 16.5 Å². The van der Waals surface area contributed by atoms with Gasteiger partial charge in [-0.1, -0.05) is 11.3 Å². The molecule has 2 saturated heterocycles. The van der Waals surface area contributed by atoms with Crippen molar-refractivity contribution in [1.29, 1.82) is 0 Å². The molecule has 0 bridgehead atoms. The number of rotatable bonds is 3. The predicted molar refractivity (Wildman–Crippen MR) is 81.4 cm³/mol. The summed E-state index contributed by atoms with van der Waals surface area (Å²) >= 11 is 1.71. The minimum Gasteiger partial charge on any atom is -0.383 e. The third-order valence-corrected chi connectivity index (χ3v) is 5.75. The van der Waals surface area contributed by atoms with Gasteiger partial charge in [0.15, 0.2) is 0 Å². The van der Waals surface area contributed by atoms with E-state index in [9.17, 15) is 0 Å². The molecule has 0 N–H and O–H groups in total. The lowest BCUT2D eigenvalue weighted by molar-refractivity contribution is 0.129. The van der Waals surface area contributed by atoms with E-state index in [1.165, 1.54) is 25.8 Å². The fourth-order valence-corrected chi connectivity index (χ4v) is 4.44. The second-order valence-corrected chi connectivity index (χ2v) is 7.48. The number of methoxy groups -OCH3 is 1. The molecule has 2 fully saturated rings. The number of hydrogen-bond donors (Lipinski definition) is 0.